The van der Waals surface area contributed by atoms with E-state index in [4.69, 9.17) is 10.9 Å². The first-order valence-corrected chi connectivity index (χ1v) is 4.87. The highest BCUT2D eigenvalue weighted by atomic mass is 32.1. The second-order valence-electron chi connectivity index (χ2n) is 2.90. The van der Waals surface area contributed by atoms with Gasteiger partial charge in [0.05, 0.1) is 12.2 Å². The zero-order valence-corrected chi connectivity index (χ0v) is 9.10. The van der Waals surface area contributed by atoms with Gasteiger partial charge in [0.2, 0.25) is 0 Å². The molecule has 0 aliphatic rings. The van der Waals surface area contributed by atoms with E-state index in [2.05, 4.69) is 14.7 Å². The summed E-state index contributed by atoms with van der Waals surface area (Å²) >= 11 is 1.00. The molecule has 3 N–H and O–H groups in total. The van der Waals surface area contributed by atoms with Gasteiger partial charge in [0.25, 0.3) is 5.91 Å². The summed E-state index contributed by atoms with van der Waals surface area (Å²) in [5, 5.41) is 14.9. The molecule has 0 saturated carbocycles. The molecule has 1 aromatic rings. The number of nitrogens with two attached hydrogens (primary N) is 1. The summed E-state index contributed by atoms with van der Waals surface area (Å²) in [7, 11) is 1.56. The van der Waals surface area contributed by atoms with Gasteiger partial charge in [0, 0.05) is 7.05 Å². The molecule has 8 heteroatoms. The third kappa shape index (κ3) is 2.40. The molecule has 1 atom stereocenters. The van der Waals surface area contributed by atoms with Crippen LogP contribution in [0.5, 0.6) is 0 Å². The highest BCUT2D eigenvalue weighted by molar-refractivity contribution is 7.07. The van der Waals surface area contributed by atoms with Crippen LogP contribution in [0.25, 0.3) is 0 Å². The minimum Gasteiger partial charge on any atom is -0.409 e. The van der Waals surface area contributed by atoms with Crippen LogP contribution in [0.4, 0.5) is 0 Å². The molecule has 1 amide bonds. The molecular formula is C7H11N5O2S. The molecule has 82 valence electrons. The van der Waals surface area contributed by atoms with E-state index in [0.29, 0.717) is 4.88 Å². The number of carbonyl (C=O) groups excluding carboxylic acids is 1. The summed E-state index contributed by atoms with van der Waals surface area (Å²) in [6.45, 7) is 1.65. The van der Waals surface area contributed by atoms with Crippen molar-refractivity contribution in [3.8, 4) is 0 Å². The van der Waals surface area contributed by atoms with Crippen molar-refractivity contribution >= 4 is 23.3 Å². The Labute approximate surface area is 90.4 Å². The van der Waals surface area contributed by atoms with Crippen molar-refractivity contribution in [2.45, 2.75) is 13.0 Å². The summed E-state index contributed by atoms with van der Waals surface area (Å²) in [6.07, 6.45) is 1.38. The topological polar surface area (TPSA) is 105 Å². The lowest BCUT2D eigenvalue weighted by molar-refractivity contribution is 0.0781. The van der Waals surface area contributed by atoms with Crippen LogP contribution in [0.15, 0.2) is 11.4 Å². The molecule has 1 heterocycles. The summed E-state index contributed by atoms with van der Waals surface area (Å²) in [4.78, 5) is 13.5. The van der Waals surface area contributed by atoms with Crippen LogP contribution in [0, 0.1) is 0 Å². The maximum atomic E-state index is 11.7. The van der Waals surface area contributed by atoms with Crippen LogP contribution >= 0.6 is 11.5 Å². The molecule has 0 fully saturated rings. The molecule has 0 bridgehead atoms. The fourth-order valence-electron chi connectivity index (χ4n) is 0.893. The summed E-state index contributed by atoms with van der Waals surface area (Å²) in [5.74, 6) is -0.285. The van der Waals surface area contributed by atoms with Gasteiger partial charge in [0.15, 0.2) is 5.84 Å². The summed E-state index contributed by atoms with van der Waals surface area (Å²) in [6, 6.07) is -0.482. The summed E-state index contributed by atoms with van der Waals surface area (Å²) in [5.41, 5.74) is 5.39. The Morgan fingerprint density at radius 1 is 1.80 bits per heavy atom. The number of aromatic nitrogens is 2. The van der Waals surface area contributed by atoms with Gasteiger partial charge in [-0.15, -0.1) is 5.10 Å². The van der Waals surface area contributed by atoms with E-state index in [9.17, 15) is 4.79 Å². The Morgan fingerprint density at radius 3 is 2.93 bits per heavy atom. The highest BCUT2D eigenvalue weighted by Gasteiger charge is 2.21. The van der Waals surface area contributed by atoms with Crippen LogP contribution in [0.3, 0.4) is 0 Å². The van der Waals surface area contributed by atoms with Gasteiger partial charge in [-0.25, -0.2) is 0 Å². The van der Waals surface area contributed by atoms with Crippen molar-refractivity contribution in [1.82, 2.24) is 14.5 Å². The quantitative estimate of drug-likeness (QED) is 0.322. The van der Waals surface area contributed by atoms with Crippen molar-refractivity contribution in [2.75, 3.05) is 7.05 Å². The number of rotatable bonds is 3. The molecule has 1 rings (SSSR count). The lowest BCUT2D eigenvalue weighted by Crippen LogP contribution is -2.43. The molecule has 0 radical (unpaired) electrons. The van der Waals surface area contributed by atoms with E-state index in [1.807, 2.05) is 0 Å². The minimum absolute atomic E-state index is 0.0247. The molecule has 0 aliphatic carbocycles. The average molecular weight is 229 g/mol. The standard InChI is InChI=1S/C7H11N5O2S/c1-4(6(8)10-14)12(2)7(13)5-3-9-11-15-5/h3-4,14H,1-2H3,(H2,8,10). The van der Waals surface area contributed by atoms with Crippen molar-refractivity contribution < 1.29 is 10.0 Å². The molecule has 0 saturated heterocycles. The Kier molecular flexibility index (Phi) is 3.56. The highest BCUT2D eigenvalue weighted by Crippen LogP contribution is 2.08. The smallest absolute Gasteiger partial charge is 0.267 e. The molecule has 0 spiro atoms. The molecule has 0 aliphatic heterocycles. The number of carbonyl (C=O) groups is 1. The van der Waals surface area contributed by atoms with E-state index in [1.54, 1.807) is 14.0 Å². The number of hydrogen-bond donors (Lipinski definition) is 2. The van der Waals surface area contributed by atoms with Crippen LogP contribution in [-0.2, 0) is 0 Å². The zero-order valence-electron chi connectivity index (χ0n) is 8.28. The summed E-state index contributed by atoms with van der Waals surface area (Å²) < 4.78 is 3.58. The largest absolute Gasteiger partial charge is 0.409 e. The SMILES string of the molecule is CC(C(N)=NO)N(C)C(=O)c1cnns1. The van der Waals surface area contributed by atoms with Gasteiger partial charge in [-0.05, 0) is 18.5 Å². The van der Waals surface area contributed by atoms with E-state index in [-0.39, 0.29) is 11.7 Å². The number of amidine groups is 1. The molecule has 7 nitrogen and oxygen atoms in total. The van der Waals surface area contributed by atoms with Crippen LogP contribution < -0.4 is 5.73 Å². The van der Waals surface area contributed by atoms with Crippen molar-refractivity contribution in [3.05, 3.63) is 11.1 Å². The van der Waals surface area contributed by atoms with E-state index in [1.165, 1.54) is 11.1 Å². The van der Waals surface area contributed by atoms with Crippen LogP contribution in [0.1, 0.15) is 16.6 Å². The fraction of sp³-hybridized carbons (Fsp3) is 0.429. The van der Waals surface area contributed by atoms with Gasteiger partial charge in [-0.1, -0.05) is 9.64 Å². The normalized spacial score (nSPS) is 13.6. The molecule has 1 aromatic heterocycles. The monoisotopic (exact) mass is 229 g/mol. The van der Waals surface area contributed by atoms with Gasteiger partial charge >= 0.3 is 0 Å². The van der Waals surface area contributed by atoms with E-state index in [0.717, 1.165) is 11.5 Å². The molecule has 0 aromatic carbocycles. The predicted octanol–water partition coefficient (Wildman–Crippen LogP) is -0.255. The van der Waals surface area contributed by atoms with E-state index < -0.39 is 6.04 Å². The first-order chi connectivity index (χ1) is 7.07. The maximum Gasteiger partial charge on any atom is 0.267 e. The van der Waals surface area contributed by atoms with Gasteiger partial charge in [-0.2, -0.15) is 0 Å². The Hall–Kier alpha value is -1.70. The average Bonchev–Trinajstić information content (AvgIpc) is 2.78. The first-order valence-electron chi connectivity index (χ1n) is 4.10. The first kappa shape index (κ1) is 11.4. The second kappa shape index (κ2) is 4.69. The molecule has 1 unspecified atom stereocenters. The van der Waals surface area contributed by atoms with Crippen molar-refractivity contribution in [1.29, 1.82) is 0 Å². The number of amides is 1. The van der Waals surface area contributed by atoms with Crippen LogP contribution in [-0.4, -0.2) is 44.5 Å². The number of likely N-dealkylation sites (N-methyl/N-ethyl adjacent to an activating group) is 1. The lowest BCUT2D eigenvalue weighted by Gasteiger charge is -2.22. The third-order valence-corrected chi connectivity index (χ3v) is 2.67. The van der Waals surface area contributed by atoms with Gasteiger partial charge in [-0.3, -0.25) is 4.79 Å². The molecule has 15 heavy (non-hydrogen) atoms. The Balaban J connectivity index is 2.77. The molecular weight excluding hydrogens is 218 g/mol. The zero-order chi connectivity index (χ0) is 11.4. The van der Waals surface area contributed by atoms with Crippen molar-refractivity contribution in [3.63, 3.8) is 0 Å². The third-order valence-electron chi connectivity index (χ3n) is 2.02. The van der Waals surface area contributed by atoms with Gasteiger partial charge < -0.3 is 15.8 Å². The number of nitrogens with zero attached hydrogens (tertiary/aromatic N) is 4. The Morgan fingerprint density at radius 2 is 2.47 bits per heavy atom. The van der Waals surface area contributed by atoms with Gasteiger partial charge in [0.1, 0.15) is 4.88 Å². The van der Waals surface area contributed by atoms with E-state index >= 15 is 0 Å². The minimum atomic E-state index is -0.482. The second-order valence-corrected chi connectivity index (χ2v) is 3.68. The predicted molar refractivity (Wildman–Crippen MR) is 54.9 cm³/mol. The Bertz CT molecular complexity index is 363. The lowest BCUT2D eigenvalue weighted by atomic mass is 10.2. The van der Waals surface area contributed by atoms with Crippen molar-refractivity contribution in [2.24, 2.45) is 10.9 Å². The fourth-order valence-corrected chi connectivity index (χ4v) is 1.39. The number of hydrogen-bond acceptors (Lipinski definition) is 6. The number of oxime groups is 1. The maximum absolute atomic E-state index is 11.7. The van der Waals surface area contributed by atoms with Crippen LogP contribution in [0.2, 0.25) is 0 Å².